The number of ether oxygens (including phenoxy) is 1. The van der Waals surface area contributed by atoms with Crippen molar-refractivity contribution < 1.29 is 22.7 Å². The standard InChI is InChI=1S/C28H32ClN3O5S/c1-5-37-26-13-9-8-12-25(26)32(38(35,36)24-16-14-23(29)15-17-24)19-27(33)31(21(3)28(34)30-4)18-22-11-7-6-10-20(22)2/h6-17,21H,5,18-19H2,1-4H3,(H,30,34)/t21-/m0/s1. The number of sulfonamides is 1. The van der Waals surface area contributed by atoms with Gasteiger partial charge in [-0.3, -0.25) is 13.9 Å². The highest BCUT2D eigenvalue weighted by atomic mass is 35.5. The van der Waals surface area contributed by atoms with Crippen LogP contribution in [-0.2, 0) is 26.2 Å². The zero-order valence-electron chi connectivity index (χ0n) is 21.8. The van der Waals surface area contributed by atoms with E-state index in [0.717, 1.165) is 15.4 Å². The summed E-state index contributed by atoms with van der Waals surface area (Å²) in [6.45, 7) is 5.19. The number of likely N-dealkylation sites (N-methyl/N-ethyl adjacent to an activating group) is 1. The van der Waals surface area contributed by atoms with Gasteiger partial charge in [0.25, 0.3) is 10.0 Å². The number of nitrogens with one attached hydrogen (secondary N) is 1. The van der Waals surface area contributed by atoms with Crippen LogP contribution in [0.4, 0.5) is 5.69 Å². The molecule has 1 atom stereocenters. The van der Waals surface area contributed by atoms with Crippen LogP contribution in [-0.4, -0.2) is 51.4 Å². The molecule has 0 radical (unpaired) electrons. The van der Waals surface area contributed by atoms with Gasteiger partial charge in [-0.1, -0.05) is 48.0 Å². The summed E-state index contributed by atoms with van der Waals surface area (Å²) in [6.07, 6.45) is 0. The summed E-state index contributed by atoms with van der Waals surface area (Å²) in [7, 11) is -2.74. The van der Waals surface area contributed by atoms with Crippen molar-refractivity contribution in [2.45, 2.75) is 38.3 Å². The molecule has 0 fully saturated rings. The number of benzene rings is 3. The lowest BCUT2D eigenvalue weighted by molar-refractivity contribution is -0.139. The number of carbonyl (C=O) groups excluding carboxylic acids is 2. The van der Waals surface area contributed by atoms with Crippen LogP contribution >= 0.6 is 11.6 Å². The maximum Gasteiger partial charge on any atom is 0.264 e. The van der Waals surface area contributed by atoms with Crippen molar-refractivity contribution in [1.82, 2.24) is 10.2 Å². The number of nitrogens with zero attached hydrogens (tertiary/aromatic N) is 2. The van der Waals surface area contributed by atoms with Crippen LogP contribution in [0.5, 0.6) is 5.75 Å². The second-order valence-corrected chi connectivity index (χ2v) is 10.9. The van der Waals surface area contributed by atoms with E-state index in [2.05, 4.69) is 5.32 Å². The van der Waals surface area contributed by atoms with E-state index >= 15 is 0 Å². The first-order valence-corrected chi connectivity index (χ1v) is 14.0. The molecule has 3 rings (SSSR count). The quantitative estimate of drug-likeness (QED) is 0.377. The Labute approximate surface area is 229 Å². The summed E-state index contributed by atoms with van der Waals surface area (Å²) < 4.78 is 34.5. The number of halogens is 1. The second kappa shape index (κ2) is 12.8. The van der Waals surface area contributed by atoms with Gasteiger partial charge in [-0.2, -0.15) is 0 Å². The Bertz CT molecular complexity index is 1380. The van der Waals surface area contributed by atoms with E-state index in [0.29, 0.717) is 17.4 Å². The third kappa shape index (κ3) is 6.65. The van der Waals surface area contributed by atoms with E-state index in [1.807, 2.05) is 31.2 Å². The van der Waals surface area contributed by atoms with Gasteiger partial charge in [0, 0.05) is 18.6 Å². The number of para-hydroxylation sites is 2. The van der Waals surface area contributed by atoms with Crippen LogP contribution in [0.3, 0.4) is 0 Å². The second-order valence-electron chi connectivity index (χ2n) is 8.60. The van der Waals surface area contributed by atoms with E-state index in [4.69, 9.17) is 16.3 Å². The molecule has 3 aromatic rings. The number of amides is 2. The minimum Gasteiger partial charge on any atom is -0.492 e. The Hall–Kier alpha value is -3.56. The number of anilines is 1. The van der Waals surface area contributed by atoms with Crippen LogP contribution in [0.1, 0.15) is 25.0 Å². The fourth-order valence-electron chi connectivity index (χ4n) is 3.95. The Morgan fingerprint density at radius 3 is 2.26 bits per heavy atom. The maximum atomic E-state index is 13.9. The molecule has 38 heavy (non-hydrogen) atoms. The molecule has 3 aromatic carbocycles. The van der Waals surface area contributed by atoms with Crippen LogP contribution < -0.4 is 14.4 Å². The molecule has 0 aliphatic carbocycles. The summed E-state index contributed by atoms with van der Waals surface area (Å²) in [4.78, 5) is 27.8. The van der Waals surface area contributed by atoms with Gasteiger partial charge in [-0.25, -0.2) is 8.42 Å². The largest absolute Gasteiger partial charge is 0.492 e. The van der Waals surface area contributed by atoms with Gasteiger partial charge in [0.1, 0.15) is 18.3 Å². The van der Waals surface area contributed by atoms with Crippen molar-refractivity contribution in [3.8, 4) is 5.75 Å². The lowest BCUT2D eigenvalue weighted by Crippen LogP contribution is -2.50. The monoisotopic (exact) mass is 557 g/mol. The highest BCUT2D eigenvalue weighted by Gasteiger charge is 2.33. The molecule has 0 saturated heterocycles. The SMILES string of the molecule is CCOc1ccccc1N(CC(=O)N(Cc1ccccc1C)[C@@H](C)C(=O)NC)S(=O)(=O)c1ccc(Cl)cc1. The minimum atomic E-state index is -4.23. The van der Waals surface area contributed by atoms with Crippen molar-refractivity contribution in [2.75, 3.05) is 24.5 Å². The van der Waals surface area contributed by atoms with E-state index in [1.54, 1.807) is 38.1 Å². The van der Waals surface area contributed by atoms with E-state index in [-0.39, 0.29) is 23.0 Å². The summed E-state index contributed by atoms with van der Waals surface area (Å²) >= 11 is 5.99. The molecule has 10 heteroatoms. The molecular formula is C28H32ClN3O5S. The Morgan fingerprint density at radius 2 is 1.63 bits per heavy atom. The summed E-state index contributed by atoms with van der Waals surface area (Å²) in [5.41, 5.74) is 2.00. The number of aryl methyl sites for hydroxylation is 1. The lowest BCUT2D eigenvalue weighted by atomic mass is 10.1. The average Bonchev–Trinajstić information content (AvgIpc) is 2.91. The van der Waals surface area contributed by atoms with Crippen LogP contribution in [0.15, 0.2) is 77.7 Å². The predicted molar refractivity (Wildman–Crippen MR) is 149 cm³/mol. The summed E-state index contributed by atoms with van der Waals surface area (Å²) in [5, 5.41) is 2.96. The van der Waals surface area contributed by atoms with Gasteiger partial charge in [-0.15, -0.1) is 0 Å². The van der Waals surface area contributed by atoms with Gasteiger partial charge < -0.3 is 15.0 Å². The van der Waals surface area contributed by atoms with Gasteiger partial charge in [0.05, 0.1) is 17.2 Å². The van der Waals surface area contributed by atoms with Crippen molar-refractivity contribution >= 4 is 39.1 Å². The molecule has 8 nitrogen and oxygen atoms in total. The molecule has 0 unspecified atom stereocenters. The van der Waals surface area contributed by atoms with Crippen molar-refractivity contribution in [3.05, 3.63) is 88.9 Å². The minimum absolute atomic E-state index is 0.0363. The summed E-state index contributed by atoms with van der Waals surface area (Å²) in [6, 6.07) is 19.0. The number of carbonyl (C=O) groups is 2. The van der Waals surface area contributed by atoms with Gasteiger partial charge in [0.2, 0.25) is 11.8 Å². The summed E-state index contributed by atoms with van der Waals surface area (Å²) in [5.74, 6) is -0.605. The fourth-order valence-corrected chi connectivity index (χ4v) is 5.50. The van der Waals surface area contributed by atoms with Crippen molar-refractivity contribution in [1.29, 1.82) is 0 Å². The molecule has 0 aromatic heterocycles. The molecule has 0 spiro atoms. The van der Waals surface area contributed by atoms with Gasteiger partial charge in [-0.05, 0) is 68.3 Å². The highest BCUT2D eigenvalue weighted by Crippen LogP contribution is 2.33. The lowest BCUT2D eigenvalue weighted by Gasteiger charge is -2.32. The van der Waals surface area contributed by atoms with Gasteiger partial charge >= 0.3 is 0 Å². The van der Waals surface area contributed by atoms with Gasteiger partial charge in [0.15, 0.2) is 0 Å². The highest BCUT2D eigenvalue weighted by molar-refractivity contribution is 7.92. The molecule has 1 N–H and O–H groups in total. The number of hydrogen-bond acceptors (Lipinski definition) is 5. The van der Waals surface area contributed by atoms with Crippen LogP contribution in [0, 0.1) is 6.92 Å². The third-order valence-electron chi connectivity index (χ3n) is 6.13. The first kappa shape index (κ1) is 29.0. The fraction of sp³-hybridized carbons (Fsp3) is 0.286. The van der Waals surface area contributed by atoms with Crippen LogP contribution in [0.25, 0.3) is 0 Å². The molecule has 0 saturated carbocycles. The Morgan fingerprint density at radius 1 is 1.00 bits per heavy atom. The van der Waals surface area contributed by atoms with Crippen molar-refractivity contribution in [3.63, 3.8) is 0 Å². The zero-order chi connectivity index (χ0) is 27.9. The normalized spacial score (nSPS) is 11.9. The number of rotatable bonds is 11. The topological polar surface area (TPSA) is 96.0 Å². The van der Waals surface area contributed by atoms with Crippen molar-refractivity contribution in [2.24, 2.45) is 0 Å². The average molecular weight is 558 g/mol. The zero-order valence-corrected chi connectivity index (χ0v) is 23.4. The molecule has 202 valence electrons. The molecule has 0 aliphatic rings. The van der Waals surface area contributed by atoms with Crippen LogP contribution in [0.2, 0.25) is 5.02 Å². The molecular weight excluding hydrogens is 526 g/mol. The van der Waals surface area contributed by atoms with E-state index in [9.17, 15) is 18.0 Å². The maximum absolute atomic E-state index is 13.9. The molecule has 2 amide bonds. The molecule has 0 heterocycles. The number of hydrogen-bond donors (Lipinski definition) is 1. The first-order valence-electron chi connectivity index (χ1n) is 12.2. The molecule has 0 aliphatic heterocycles. The smallest absolute Gasteiger partial charge is 0.264 e. The molecule has 0 bridgehead atoms. The third-order valence-corrected chi connectivity index (χ3v) is 8.16. The van der Waals surface area contributed by atoms with E-state index < -0.39 is 28.5 Å². The first-order chi connectivity index (χ1) is 18.1. The van der Waals surface area contributed by atoms with E-state index in [1.165, 1.54) is 36.2 Å². The predicted octanol–water partition coefficient (Wildman–Crippen LogP) is 4.41. The Balaban J connectivity index is 2.10. The Kier molecular flexibility index (Phi) is 9.77.